The van der Waals surface area contributed by atoms with Gasteiger partial charge >= 0.3 is 5.97 Å². The van der Waals surface area contributed by atoms with Crippen LogP contribution >= 0.6 is 11.3 Å². The molecule has 1 aromatic heterocycles. The van der Waals surface area contributed by atoms with E-state index in [2.05, 4.69) is 34.9 Å². The third-order valence-electron chi connectivity index (χ3n) is 9.13. The van der Waals surface area contributed by atoms with Gasteiger partial charge in [-0.2, -0.15) is 0 Å². The standard InChI is InChI=1S/C33H40FN3O4S/c1-21-15-26(34)17-29(30-20-42-33(35-30)36-10-6-25(7-11-36)32(38)39)31(21)41-19-23-3-4-24-5-12-37(18-22(2)28(24)16-23)27-8-13-40-14-9-27/h3-4,15-17,20,22,25,27H,5-14,18-19H2,1-2H3,(H,38,39). The smallest absolute Gasteiger partial charge is 0.306 e. The van der Waals surface area contributed by atoms with Crippen LogP contribution in [0.15, 0.2) is 35.7 Å². The summed E-state index contributed by atoms with van der Waals surface area (Å²) in [6, 6.07) is 10.3. The topological polar surface area (TPSA) is 75.1 Å². The number of anilines is 1. The SMILES string of the molecule is Cc1cc(F)cc(-c2csc(N3CCC(C(=O)O)CC3)n2)c1OCc1ccc2c(c1)C(C)CN(C1CCOCC1)CC2. The Kier molecular flexibility index (Phi) is 8.79. The van der Waals surface area contributed by atoms with Crippen LogP contribution < -0.4 is 9.64 Å². The van der Waals surface area contributed by atoms with E-state index in [0.29, 0.717) is 61.5 Å². The summed E-state index contributed by atoms with van der Waals surface area (Å²) in [4.78, 5) is 21.0. The summed E-state index contributed by atoms with van der Waals surface area (Å²) in [6.07, 6.45) is 4.49. The molecule has 2 saturated heterocycles. The zero-order valence-corrected chi connectivity index (χ0v) is 25.3. The van der Waals surface area contributed by atoms with Crippen LogP contribution in [0.5, 0.6) is 5.75 Å². The van der Waals surface area contributed by atoms with E-state index in [-0.39, 0.29) is 11.7 Å². The third kappa shape index (κ3) is 6.33. The predicted octanol–water partition coefficient (Wildman–Crippen LogP) is 6.28. The quantitative estimate of drug-likeness (QED) is 0.346. The first kappa shape index (κ1) is 29.1. The molecule has 0 spiro atoms. The fourth-order valence-electron chi connectivity index (χ4n) is 6.73. The van der Waals surface area contributed by atoms with Gasteiger partial charge in [0.05, 0.1) is 11.6 Å². The second-order valence-electron chi connectivity index (χ2n) is 12.0. The minimum absolute atomic E-state index is 0.298. The molecule has 1 unspecified atom stereocenters. The number of piperidine rings is 1. The number of hydrogen-bond donors (Lipinski definition) is 1. The lowest BCUT2D eigenvalue weighted by molar-refractivity contribution is -0.142. The average molecular weight is 594 g/mol. The van der Waals surface area contributed by atoms with Crippen molar-refractivity contribution in [3.05, 3.63) is 63.8 Å². The monoisotopic (exact) mass is 593 g/mol. The Morgan fingerprint density at radius 3 is 2.69 bits per heavy atom. The number of aliphatic carboxylic acids is 1. The number of aryl methyl sites for hydroxylation is 1. The first-order chi connectivity index (χ1) is 20.4. The predicted molar refractivity (Wildman–Crippen MR) is 163 cm³/mol. The van der Waals surface area contributed by atoms with Gasteiger partial charge < -0.3 is 19.5 Å². The summed E-state index contributed by atoms with van der Waals surface area (Å²) < 4.78 is 26.6. The number of thiazole rings is 1. The molecule has 0 aliphatic carbocycles. The Morgan fingerprint density at radius 2 is 1.93 bits per heavy atom. The Labute approximate surface area is 251 Å². The number of carbonyl (C=O) groups is 1. The summed E-state index contributed by atoms with van der Waals surface area (Å²) >= 11 is 1.50. The third-order valence-corrected chi connectivity index (χ3v) is 10.0. The molecule has 0 saturated carbocycles. The molecule has 2 aromatic carbocycles. The summed E-state index contributed by atoms with van der Waals surface area (Å²) in [5, 5.41) is 12.1. The second-order valence-corrected chi connectivity index (χ2v) is 12.9. The number of rotatable bonds is 7. The Morgan fingerprint density at radius 1 is 1.14 bits per heavy atom. The normalized spacial score (nSPS) is 20.7. The highest BCUT2D eigenvalue weighted by Crippen LogP contribution is 2.38. The summed E-state index contributed by atoms with van der Waals surface area (Å²) in [5.41, 5.74) is 5.98. The van der Waals surface area contributed by atoms with Crippen LogP contribution in [0.1, 0.15) is 60.8 Å². The Bertz CT molecular complexity index is 1410. The van der Waals surface area contributed by atoms with Crippen LogP contribution in [0, 0.1) is 18.7 Å². The average Bonchev–Trinajstić information content (AvgIpc) is 3.43. The van der Waals surface area contributed by atoms with Crippen LogP contribution in [0.3, 0.4) is 0 Å². The van der Waals surface area contributed by atoms with Crippen molar-refractivity contribution in [2.75, 3.05) is 44.3 Å². The Hall–Kier alpha value is -3.01. The molecule has 42 heavy (non-hydrogen) atoms. The van der Waals surface area contributed by atoms with Crippen molar-refractivity contribution in [1.29, 1.82) is 0 Å². The van der Waals surface area contributed by atoms with Gasteiger partial charge in [0.25, 0.3) is 0 Å². The molecule has 0 amide bonds. The van der Waals surface area contributed by atoms with E-state index in [1.165, 1.54) is 34.6 Å². The molecule has 224 valence electrons. The molecule has 7 nitrogen and oxygen atoms in total. The van der Waals surface area contributed by atoms with Gasteiger partial charge in [-0.3, -0.25) is 9.69 Å². The highest BCUT2D eigenvalue weighted by atomic mass is 32.1. The van der Waals surface area contributed by atoms with E-state index in [0.717, 1.165) is 61.8 Å². The van der Waals surface area contributed by atoms with Crippen molar-refractivity contribution in [2.45, 2.75) is 64.5 Å². The summed E-state index contributed by atoms with van der Waals surface area (Å²) in [6.45, 7) is 9.77. The highest BCUT2D eigenvalue weighted by Gasteiger charge is 2.28. The maximum absolute atomic E-state index is 14.6. The van der Waals surface area contributed by atoms with Crippen LogP contribution in [0.4, 0.5) is 9.52 Å². The maximum atomic E-state index is 14.6. The van der Waals surface area contributed by atoms with Crippen LogP contribution in [0.25, 0.3) is 11.3 Å². The van der Waals surface area contributed by atoms with Gasteiger partial charge in [-0.05, 0) is 79.3 Å². The first-order valence-corrected chi connectivity index (χ1v) is 16.0. The molecule has 4 heterocycles. The molecule has 2 fully saturated rings. The number of carboxylic acid groups (broad SMARTS) is 1. The lowest BCUT2D eigenvalue weighted by Crippen LogP contribution is -2.41. The van der Waals surface area contributed by atoms with E-state index in [1.54, 1.807) is 0 Å². The maximum Gasteiger partial charge on any atom is 0.306 e. The van der Waals surface area contributed by atoms with Gasteiger partial charge in [0.15, 0.2) is 5.13 Å². The van der Waals surface area contributed by atoms with Crippen molar-refractivity contribution in [1.82, 2.24) is 9.88 Å². The fourth-order valence-corrected chi connectivity index (χ4v) is 7.61. The molecule has 0 radical (unpaired) electrons. The van der Waals surface area contributed by atoms with Crippen LogP contribution in [0.2, 0.25) is 0 Å². The molecule has 1 N–H and O–H groups in total. The van der Waals surface area contributed by atoms with Crippen molar-refractivity contribution in [3.63, 3.8) is 0 Å². The first-order valence-electron chi connectivity index (χ1n) is 15.2. The molecular weight excluding hydrogens is 553 g/mol. The molecular formula is C33H40FN3O4S. The molecule has 3 aliphatic rings. The number of ether oxygens (including phenoxy) is 2. The lowest BCUT2D eigenvalue weighted by atomic mass is 9.93. The Balaban J connectivity index is 1.17. The van der Waals surface area contributed by atoms with Gasteiger partial charge in [0.1, 0.15) is 18.2 Å². The van der Waals surface area contributed by atoms with Gasteiger partial charge in [0, 0.05) is 56.4 Å². The number of hydrogen-bond acceptors (Lipinski definition) is 7. The van der Waals surface area contributed by atoms with E-state index < -0.39 is 5.97 Å². The van der Waals surface area contributed by atoms with Crippen molar-refractivity contribution < 1.29 is 23.8 Å². The lowest BCUT2D eigenvalue weighted by Gasteiger charge is -2.34. The fraction of sp³-hybridized carbons (Fsp3) is 0.515. The molecule has 3 aromatic rings. The minimum Gasteiger partial charge on any atom is -0.488 e. The van der Waals surface area contributed by atoms with E-state index in [9.17, 15) is 14.3 Å². The van der Waals surface area contributed by atoms with E-state index >= 15 is 0 Å². The number of halogens is 1. The van der Waals surface area contributed by atoms with Crippen LogP contribution in [-0.2, 0) is 22.6 Å². The molecule has 3 aliphatic heterocycles. The van der Waals surface area contributed by atoms with Crippen molar-refractivity contribution in [3.8, 4) is 17.0 Å². The number of nitrogens with zero attached hydrogens (tertiary/aromatic N) is 3. The molecule has 0 bridgehead atoms. The largest absolute Gasteiger partial charge is 0.488 e. The van der Waals surface area contributed by atoms with E-state index in [1.807, 2.05) is 12.3 Å². The van der Waals surface area contributed by atoms with Gasteiger partial charge in [-0.25, -0.2) is 9.37 Å². The van der Waals surface area contributed by atoms with Crippen molar-refractivity contribution >= 4 is 22.4 Å². The molecule has 9 heteroatoms. The zero-order valence-electron chi connectivity index (χ0n) is 24.5. The van der Waals surface area contributed by atoms with Gasteiger partial charge in [-0.15, -0.1) is 11.3 Å². The number of benzene rings is 2. The molecule has 6 rings (SSSR count). The number of fused-ring (bicyclic) bond motifs is 1. The van der Waals surface area contributed by atoms with Crippen LogP contribution in [-0.4, -0.2) is 66.4 Å². The number of aromatic nitrogens is 1. The van der Waals surface area contributed by atoms with Gasteiger partial charge in [-0.1, -0.05) is 25.1 Å². The van der Waals surface area contributed by atoms with Crippen molar-refractivity contribution in [2.24, 2.45) is 5.92 Å². The summed E-state index contributed by atoms with van der Waals surface area (Å²) in [5.74, 6) is -0.269. The number of carboxylic acids is 1. The minimum atomic E-state index is -0.729. The van der Waals surface area contributed by atoms with Gasteiger partial charge in [0.2, 0.25) is 0 Å². The van der Waals surface area contributed by atoms with E-state index in [4.69, 9.17) is 14.5 Å². The molecule has 1 atom stereocenters. The zero-order chi connectivity index (χ0) is 29.2. The highest BCUT2D eigenvalue weighted by molar-refractivity contribution is 7.14. The summed E-state index contributed by atoms with van der Waals surface area (Å²) in [7, 11) is 0. The second kappa shape index (κ2) is 12.7.